The molecule has 1 aromatic rings. The quantitative estimate of drug-likeness (QED) is 0.758. The van der Waals surface area contributed by atoms with Crippen LogP contribution in [0.2, 0.25) is 0 Å². The smallest absolute Gasteiger partial charge is 0.337 e. The number of carbonyl (C=O) groups excluding carboxylic acids is 1. The lowest BCUT2D eigenvalue weighted by molar-refractivity contribution is -0.106. The lowest BCUT2D eigenvalue weighted by atomic mass is 9.81. The second kappa shape index (κ2) is 6.98. The molecule has 1 aliphatic heterocycles. The summed E-state index contributed by atoms with van der Waals surface area (Å²) < 4.78 is 16.7. The Bertz CT molecular complexity index is 639. The van der Waals surface area contributed by atoms with Crippen LogP contribution in [0.15, 0.2) is 24.3 Å². The van der Waals surface area contributed by atoms with E-state index in [1.807, 2.05) is 12.1 Å². The van der Waals surface area contributed by atoms with Gasteiger partial charge in [0.05, 0.1) is 19.3 Å². The van der Waals surface area contributed by atoms with Gasteiger partial charge in [0.1, 0.15) is 5.75 Å². The summed E-state index contributed by atoms with van der Waals surface area (Å²) in [5.41, 5.74) is 2.84. The van der Waals surface area contributed by atoms with E-state index in [1.54, 1.807) is 6.07 Å². The minimum atomic E-state index is -0.326. The topological polar surface area (TPSA) is 44.8 Å². The minimum Gasteiger partial charge on any atom is -0.465 e. The second-order valence-electron chi connectivity index (χ2n) is 7.16. The Hall–Kier alpha value is -1.81. The van der Waals surface area contributed by atoms with E-state index in [1.165, 1.54) is 12.7 Å². The number of esters is 1. The maximum atomic E-state index is 11.9. The highest BCUT2D eigenvalue weighted by Gasteiger charge is 2.31. The standard InChI is InChI=1S/C20H26O4/c1-20(2)11-6-7-16(20)15-13-14(19(21)22-3)9-10-17(15)24-18-8-4-5-12-23-18/h7,9-10,13,18H,4-6,8,11-12H2,1-3H3/t18-/m1/s1. The first-order valence-corrected chi connectivity index (χ1v) is 8.73. The van der Waals surface area contributed by atoms with Crippen molar-refractivity contribution in [2.75, 3.05) is 13.7 Å². The number of allylic oxidation sites excluding steroid dienone is 2. The van der Waals surface area contributed by atoms with Gasteiger partial charge in [0.2, 0.25) is 0 Å². The molecule has 4 heteroatoms. The van der Waals surface area contributed by atoms with Gasteiger partial charge in [0, 0.05) is 12.0 Å². The number of rotatable bonds is 4. The largest absolute Gasteiger partial charge is 0.465 e. The van der Waals surface area contributed by atoms with E-state index < -0.39 is 0 Å². The van der Waals surface area contributed by atoms with Gasteiger partial charge < -0.3 is 14.2 Å². The Morgan fingerprint density at radius 2 is 2.12 bits per heavy atom. The Morgan fingerprint density at radius 1 is 1.29 bits per heavy atom. The average Bonchev–Trinajstić information content (AvgIpc) is 2.94. The third-order valence-electron chi connectivity index (χ3n) is 4.93. The summed E-state index contributed by atoms with van der Waals surface area (Å²) in [6.07, 6.45) is 7.31. The second-order valence-corrected chi connectivity index (χ2v) is 7.16. The van der Waals surface area contributed by atoms with Gasteiger partial charge in [-0.15, -0.1) is 0 Å². The number of hydrogen-bond donors (Lipinski definition) is 0. The molecule has 0 amide bonds. The molecule has 0 radical (unpaired) electrons. The molecule has 0 bridgehead atoms. The molecule has 0 aromatic heterocycles. The molecular formula is C20H26O4. The van der Waals surface area contributed by atoms with E-state index >= 15 is 0 Å². The van der Waals surface area contributed by atoms with Crippen LogP contribution >= 0.6 is 0 Å². The SMILES string of the molecule is COC(=O)c1ccc(O[C@@H]2CCCCO2)c(C2=CCCC2(C)C)c1. The molecule has 1 fully saturated rings. The van der Waals surface area contributed by atoms with Crippen LogP contribution in [0.5, 0.6) is 5.75 Å². The molecule has 1 saturated heterocycles. The predicted octanol–water partition coefficient (Wildman–Crippen LogP) is 4.58. The zero-order valence-corrected chi connectivity index (χ0v) is 14.8. The zero-order chi connectivity index (χ0) is 17.2. The molecule has 130 valence electrons. The highest BCUT2D eigenvalue weighted by Crippen LogP contribution is 2.47. The summed E-state index contributed by atoms with van der Waals surface area (Å²) in [6.45, 7) is 5.21. The first-order chi connectivity index (χ1) is 11.5. The molecule has 1 aliphatic carbocycles. The summed E-state index contributed by atoms with van der Waals surface area (Å²) in [6, 6.07) is 5.52. The number of hydrogen-bond acceptors (Lipinski definition) is 4. The Kier molecular flexibility index (Phi) is 4.95. The monoisotopic (exact) mass is 330 g/mol. The van der Waals surface area contributed by atoms with Gasteiger partial charge in [-0.05, 0) is 54.9 Å². The van der Waals surface area contributed by atoms with Crippen molar-refractivity contribution >= 4 is 11.5 Å². The van der Waals surface area contributed by atoms with Crippen LogP contribution in [-0.4, -0.2) is 26.0 Å². The third kappa shape index (κ3) is 3.48. The van der Waals surface area contributed by atoms with Gasteiger partial charge >= 0.3 is 5.97 Å². The lowest BCUT2D eigenvalue weighted by Crippen LogP contribution is -2.25. The van der Waals surface area contributed by atoms with Crippen molar-refractivity contribution in [2.24, 2.45) is 5.41 Å². The van der Waals surface area contributed by atoms with Crippen molar-refractivity contribution < 1.29 is 19.0 Å². The molecule has 0 spiro atoms. The van der Waals surface area contributed by atoms with Crippen molar-refractivity contribution in [3.63, 3.8) is 0 Å². The molecule has 0 N–H and O–H groups in total. The van der Waals surface area contributed by atoms with Crippen LogP contribution in [0.4, 0.5) is 0 Å². The van der Waals surface area contributed by atoms with E-state index in [9.17, 15) is 4.79 Å². The highest BCUT2D eigenvalue weighted by atomic mass is 16.7. The Morgan fingerprint density at radius 3 is 2.75 bits per heavy atom. The molecule has 1 heterocycles. The molecule has 4 nitrogen and oxygen atoms in total. The van der Waals surface area contributed by atoms with Crippen LogP contribution in [0.25, 0.3) is 5.57 Å². The van der Waals surface area contributed by atoms with E-state index in [-0.39, 0.29) is 17.7 Å². The van der Waals surface area contributed by atoms with Gasteiger partial charge in [-0.1, -0.05) is 19.9 Å². The normalized spacial score (nSPS) is 22.8. The highest BCUT2D eigenvalue weighted by molar-refractivity contribution is 5.91. The molecule has 1 atom stereocenters. The molecule has 0 saturated carbocycles. The van der Waals surface area contributed by atoms with E-state index in [2.05, 4.69) is 19.9 Å². The fourth-order valence-corrected chi connectivity index (χ4v) is 3.50. The van der Waals surface area contributed by atoms with Crippen LogP contribution in [0.1, 0.15) is 61.9 Å². The average molecular weight is 330 g/mol. The molecule has 2 aliphatic rings. The van der Waals surface area contributed by atoms with Gasteiger partial charge in [-0.2, -0.15) is 0 Å². The lowest BCUT2D eigenvalue weighted by Gasteiger charge is -2.28. The van der Waals surface area contributed by atoms with Crippen molar-refractivity contribution in [3.05, 3.63) is 35.4 Å². The van der Waals surface area contributed by atoms with Crippen molar-refractivity contribution in [2.45, 2.75) is 52.2 Å². The molecule has 0 unspecified atom stereocenters. The fourth-order valence-electron chi connectivity index (χ4n) is 3.50. The van der Waals surface area contributed by atoms with Gasteiger partial charge in [-0.25, -0.2) is 4.79 Å². The van der Waals surface area contributed by atoms with E-state index in [0.717, 1.165) is 50.0 Å². The zero-order valence-electron chi connectivity index (χ0n) is 14.8. The van der Waals surface area contributed by atoms with Crippen molar-refractivity contribution in [1.29, 1.82) is 0 Å². The number of carbonyl (C=O) groups is 1. The van der Waals surface area contributed by atoms with E-state index in [4.69, 9.17) is 14.2 Å². The first-order valence-electron chi connectivity index (χ1n) is 8.73. The summed E-state index contributed by atoms with van der Waals surface area (Å²) in [7, 11) is 1.40. The maximum Gasteiger partial charge on any atom is 0.337 e. The van der Waals surface area contributed by atoms with Crippen molar-refractivity contribution in [1.82, 2.24) is 0 Å². The van der Waals surface area contributed by atoms with Crippen LogP contribution in [0, 0.1) is 5.41 Å². The molecular weight excluding hydrogens is 304 g/mol. The summed E-state index contributed by atoms with van der Waals surface area (Å²) >= 11 is 0. The van der Waals surface area contributed by atoms with Gasteiger partial charge in [-0.3, -0.25) is 0 Å². The Labute approximate surface area is 143 Å². The van der Waals surface area contributed by atoms with Crippen molar-refractivity contribution in [3.8, 4) is 5.75 Å². The predicted molar refractivity (Wildman–Crippen MR) is 93.0 cm³/mol. The number of methoxy groups -OCH3 is 1. The molecule has 24 heavy (non-hydrogen) atoms. The van der Waals surface area contributed by atoms with Crippen LogP contribution in [-0.2, 0) is 9.47 Å². The summed E-state index contributed by atoms with van der Waals surface area (Å²) in [5, 5.41) is 0. The summed E-state index contributed by atoms with van der Waals surface area (Å²) in [4.78, 5) is 11.9. The maximum absolute atomic E-state index is 11.9. The fraction of sp³-hybridized carbons (Fsp3) is 0.550. The van der Waals surface area contributed by atoms with Gasteiger partial charge in [0.15, 0.2) is 6.29 Å². The number of benzene rings is 1. The van der Waals surface area contributed by atoms with Crippen LogP contribution in [0.3, 0.4) is 0 Å². The third-order valence-corrected chi connectivity index (χ3v) is 4.93. The van der Waals surface area contributed by atoms with E-state index in [0.29, 0.717) is 5.56 Å². The summed E-state index contributed by atoms with van der Waals surface area (Å²) in [5.74, 6) is 0.462. The first kappa shape index (κ1) is 17.0. The Balaban J connectivity index is 1.96. The number of ether oxygens (including phenoxy) is 3. The molecule has 3 rings (SSSR count). The molecule has 1 aromatic carbocycles. The van der Waals surface area contributed by atoms with Gasteiger partial charge in [0.25, 0.3) is 0 Å². The minimum absolute atomic E-state index is 0.0697. The van der Waals surface area contributed by atoms with Crippen LogP contribution < -0.4 is 4.74 Å².